The molecule has 1 heterocycles. The van der Waals surface area contributed by atoms with Crippen LogP contribution in [0.4, 0.5) is 0 Å². The van der Waals surface area contributed by atoms with E-state index in [1.807, 2.05) is 72.8 Å². The van der Waals surface area contributed by atoms with Crippen molar-refractivity contribution in [3.63, 3.8) is 0 Å². The fourth-order valence-electron chi connectivity index (χ4n) is 3.81. The maximum absolute atomic E-state index is 13.0. The molecule has 1 saturated heterocycles. The number of benzene rings is 3. The summed E-state index contributed by atoms with van der Waals surface area (Å²) in [6.07, 6.45) is 1.47. The lowest BCUT2D eigenvalue weighted by Crippen LogP contribution is -2.48. The SMILES string of the molecule is O=C(c1ccc(-c2ccccc2)cc1)N1CCCC(O)(c2ccccc2)C1. The van der Waals surface area contributed by atoms with E-state index in [1.54, 1.807) is 4.90 Å². The minimum atomic E-state index is -0.973. The van der Waals surface area contributed by atoms with Crippen LogP contribution in [0.2, 0.25) is 0 Å². The van der Waals surface area contributed by atoms with Gasteiger partial charge in [-0.1, -0.05) is 72.8 Å². The molecule has 1 unspecified atom stereocenters. The van der Waals surface area contributed by atoms with Crippen LogP contribution < -0.4 is 0 Å². The third-order valence-electron chi connectivity index (χ3n) is 5.31. The summed E-state index contributed by atoms with van der Waals surface area (Å²) >= 11 is 0. The number of rotatable bonds is 3. The summed E-state index contributed by atoms with van der Waals surface area (Å²) in [7, 11) is 0. The molecule has 4 rings (SSSR count). The first-order valence-corrected chi connectivity index (χ1v) is 9.38. The molecule has 0 aliphatic carbocycles. The second-order valence-corrected chi connectivity index (χ2v) is 7.17. The van der Waals surface area contributed by atoms with Crippen molar-refractivity contribution in [1.29, 1.82) is 0 Å². The van der Waals surface area contributed by atoms with Crippen LogP contribution in [0.15, 0.2) is 84.9 Å². The van der Waals surface area contributed by atoms with Crippen LogP contribution in [0.25, 0.3) is 11.1 Å². The number of aliphatic hydroxyl groups is 1. The molecule has 3 nitrogen and oxygen atoms in total. The van der Waals surface area contributed by atoms with Crippen LogP contribution >= 0.6 is 0 Å². The van der Waals surface area contributed by atoms with Crippen LogP contribution in [0, 0.1) is 0 Å². The molecule has 3 aromatic rings. The smallest absolute Gasteiger partial charge is 0.253 e. The van der Waals surface area contributed by atoms with Gasteiger partial charge < -0.3 is 10.0 Å². The Hall–Kier alpha value is -2.91. The number of hydrogen-bond acceptors (Lipinski definition) is 2. The molecule has 0 bridgehead atoms. The zero-order valence-corrected chi connectivity index (χ0v) is 15.2. The molecule has 1 N–H and O–H groups in total. The van der Waals surface area contributed by atoms with Gasteiger partial charge in [0.05, 0.1) is 6.54 Å². The quantitative estimate of drug-likeness (QED) is 0.751. The number of nitrogens with zero attached hydrogens (tertiary/aromatic N) is 1. The third kappa shape index (κ3) is 3.64. The lowest BCUT2D eigenvalue weighted by molar-refractivity contribution is -0.0289. The van der Waals surface area contributed by atoms with E-state index in [9.17, 15) is 9.90 Å². The maximum atomic E-state index is 13.0. The van der Waals surface area contributed by atoms with Crippen molar-refractivity contribution in [3.8, 4) is 11.1 Å². The molecule has 3 aromatic carbocycles. The number of hydrogen-bond donors (Lipinski definition) is 1. The predicted octanol–water partition coefficient (Wildman–Crippen LogP) is 4.48. The predicted molar refractivity (Wildman–Crippen MR) is 107 cm³/mol. The van der Waals surface area contributed by atoms with Crippen molar-refractivity contribution in [1.82, 2.24) is 4.90 Å². The fourth-order valence-corrected chi connectivity index (χ4v) is 3.81. The molecule has 1 atom stereocenters. The molecule has 27 heavy (non-hydrogen) atoms. The van der Waals surface area contributed by atoms with Crippen molar-refractivity contribution >= 4 is 5.91 Å². The van der Waals surface area contributed by atoms with Gasteiger partial charge in [0.25, 0.3) is 5.91 Å². The maximum Gasteiger partial charge on any atom is 0.253 e. The lowest BCUT2D eigenvalue weighted by atomic mass is 9.85. The number of β-amino-alcohol motifs (C(OH)–C–C–N with tert-alkyl or cyclic N) is 1. The third-order valence-corrected chi connectivity index (χ3v) is 5.31. The first-order valence-electron chi connectivity index (χ1n) is 9.38. The molecule has 0 aromatic heterocycles. The molecular formula is C24H23NO2. The topological polar surface area (TPSA) is 40.5 Å². The van der Waals surface area contributed by atoms with Crippen LogP contribution in [0.5, 0.6) is 0 Å². The largest absolute Gasteiger partial charge is 0.383 e. The average Bonchev–Trinajstić information content (AvgIpc) is 2.75. The van der Waals surface area contributed by atoms with Crippen molar-refractivity contribution in [3.05, 3.63) is 96.1 Å². The summed E-state index contributed by atoms with van der Waals surface area (Å²) in [6.45, 7) is 1.00. The minimum Gasteiger partial charge on any atom is -0.383 e. The van der Waals surface area contributed by atoms with Crippen LogP contribution in [0.3, 0.4) is 0 Å². The molecule has 0 saturated carbocycles. The summed E-state index contributed by atoms with van der Waals surface area (Å²) in [4.78, 5) is 14.8. The molecule has 1 fully saturated rings. The zero-order valence-electron chi connectivity index (χ0n) is 15.2. The van der Waals surface area contributed by atoms with Gasteiger partial charge in [-0.3, -0.25) is 4.79 Å². The van der Waals surface area contributed by atoms with Gasteiger partial charge in [-0.2, -0.15) is 0 Å². The van der Waals surface area contributed by atoms with Crippen molar-refractivity contribution in [2.24, 2.45) is 0 Å². The molecule has 136 valence electrons. The Morgan fingerprint density at radius 2 is 1.41 bits per heavy atom. The van der Waals surface area contributed by atoms with E-state index in [1.165, 1.54) is 0 Å². The van der Waals surface area contributed by atoms with Crippen LogP contribution in [-0.2, 0) is 5.60 Å². The van der Waals surface area contributed by atoms with Gasteiger partial charge in [0.1, 0.15) is 5.60 Å². The minimum absolute atomic E-state index is 0.0244. The van der Waals surface area contributed by atoms with Gasteiger partial charge >= 0.3 is 0 Å². The van der Waals surface area contributed by atoms with Crippen molar-refractivity contribution in [2.45, 2.75) is 18.4 Å². The van der Waals surface area contributed by atoms with Gasteiger partial charge in [0.15, 0.2) is 0 Å². The highest BCUT2D eigenvalue weighted by Gasteiger charge is 2.36. The highest BCUT2D eigenvalue weighted by Crippen LogP contribution is 2.32. The Morgan fingerprint density at radius 3 is 2.07 bits per heavy atom. The molecule has 0 radical (unpaired) electrons. The number of amides is 1. The Morgan fingerprint density at radius 1 is 0.815 bits per heavy atom. The van der Waals surface area contributed by atoms with E-state index in [4.69, 9.17) is 0 Å². The van der Waals surface area contributed by atoms with E-state index in [2.05, 4.69) is 12.1 Å². The fraction of sp³-hybridized carbons (Fsp3) is 0.208. The molecular weight excluding hydrogens is 334 g/mol. The first kappa shape index (κ1) is 17.5. The second kappa shape index (κ2) is 7.37. The van der Waals surface area contributed by atoms with E-state index < -0.39 is 5.60 Å². The number of carbonyl (C=O) groups is 1. The number of piperidine rings is 1. The summed E-state index contributed by atoms with van der Waals surface area (Å²) in [5.41, 5.74) is 2.78. The highest BCUT2D eigenvalue weighted by molar-refractivity contribution is 5.94. The second-order valence-electron chi connectivity index (χ2n) is 7.17. The van der Waals surface area contributed by atoms with E-state index in [-0.39, 0.29) is 5.91 Å². The van der Waals surface area contributed by atoms with Gasteiger partial charge in [-0.25, -0.2) is 0 Å². The van der Waals surface area contributed by atoms with Gasteiger partial charge in [-0.05, 0) is 41.7 Å². The van der Waals surface area contributed by atoms with Gasteiger partial charge in [0, 0.05) is 12.1 Å². The normalized spacial score (nSPS) is 19.7. The van der Waals surface area contributed by atoms with E-state index in [0.29, 0.717) is 25.1 Å². The van der Waals surface area contributed by atoms with Gasteiger partial charge in [-0.15, -0.1) is 0 Å². The molecule has 1 aliphatic heterocycles. The summed E-state index contributed by atoms with van der Waals surface area (Å²) < 4.78 is 0. The molecule has 3 heteroatoms. The van der Waals surface area contributed by atoms with Crippen molar-refractivity contribution < 1.29 is 9.90 Å². The standard InChI is InChI=1S/C24H23NO2/c26-23(21-14-12-20(13-15-21)19-8-3-1-4-9-19)25-17-7-16-24(27,18-25)22-10-5-2-6-11-22/h1-6,8-15,27H,7,16-18H2. The lowest BCUT2D eigenvalue weighted by Gasteiger charge is -2.39. The average molecular weight is 357 g/mol. The summed E-state index contributed by atoms with van der Waals surface area (Å²) in [5, 5.41) is 11.1. The highest BCUT2D eigenvalue weighted by atomic mass is 16.3. The monoisotopic (exact) mass is 357 g/mol. The van der Waals surface area contributed by atoms with E-state index >= 15 is 0 Å². The first-order chi connectivity index (χ1) is 13.2. The van der Waals surface area contributed by atoms with E-state index in [0.717, 1.165) is 23.1 Å². The number of carbonyl (C=O) groups excluding carboxylic acids is 1. The van der Waals surface area contributed by atoms with Crippen molar-refractivity contribution in [2.75, 3.05) is 13.1 Å². The Bertz CT molecular complexity index is 906. The Balaban J connectivity index is 1.52. The summed E-state index contributed by atoms with van der Waals surface area (Å²) in [5.74, 6) is -0.0244. The molecule has 1 amide bonds. The van der Waals surface area contributed by atoms with Crippen LogP contribution in [-0.4, -0.2) is 29.0 Å². The zero-order chi connectivity index (χ0) is 18.7. The van der Waals surface area contributed by atoms with Gasteiger partial charge in [0.2, 0.25) is 0 Å². The molecule has 1 aliphatic rings. The van der Waals surface area contributed by atoms with Crippen LogP contribution in [0.1, 0.15) is 28.8 Å². The summed E-state index contributed by atoms with van der Waals surface area (Å²) in [6, 6.07) is 27.5. The Labute approximate surface area is 159 Å². The molecule has 0 spiro atoms. The Kier molecular flexibility index (Phi) is 4.78. The number of likely N-dealkylation sites (tertiary alicyclic amines) is 1.